The lowest BCUT2D eigenvalue weighted by Crippen LogP contribution is -2.34. The lowest BCUT2D eigenvalue weighted by atomic mass is 10.3. The van der Waals surface area contributed by atoms with Crippen LogP contribution in [0.1, 0.15) is 6.92 Å². The van der Waals surface area contributed by atoms with E-state index in [1.54, 1.807) is 11.9 Å². The Bertz CT molecular complexity index is 136. The van der Waals surface area contributed by atoms with Gasteiger partial charge in [-0.25, -0.2) is 10.6 Å². The number of hydrogen-bond donors (Lipinski definition) is 1. The van der Waals surface area contributed by atoms with Crippen molar-refractivity contribution in [2.45, 2.75) is 13.0 Å². The van der Waals surface area contributed by atoms with Crippen LogP contribution in [0, 0.1) is 0 Å². The zero-order valence-electron chi connectivity index (χ0n) is 5.66. The van der Waals surface area contributed by atoms with E-state index < -0.39 is 0 Å². The molecule has 0 spiro atoms. The van der Waals surface area contributed by atoms with E-state index in [-0.39, 0.29) is 12.1 Å². The SMILES string of the molecule is CC1CN(N)C(=O)N1C. The Morgan fingerprint density at radius 1 is 1.78 bits per heavy atom. The minimum Gasteiger partial charge on any atom is -0.322 e. The van der Waals surface area contributed by atoms with Crippen LogP contribution in [0.4, 0.5) is 4.79 Å². The van der Waals surface area contributed by atoms with Crippen LogP contribution >= 0.6 is 0 Å². The van der Waals surface area contributed by atoms with Gasteiger partial charge in [-0.1, -0.05) is 0 Å². The first-order valence-corrected chi connectivity index (χ1v) is 2.92. The van der Waals surface area contributed by atoms with Gasteiger partial charge in [-0.05, 0) is 6.92 Å². The van der Waals surface area contributed by atoms with Crippen molar-refractivity contribution in [3.8, 4) is 0 Å². The van der Waals surface area contributed by atoms with Crippen LogP contribution in [0.5, 0.6) is 0 Å². The van der Waals surface area contributed by atoms with E-state index in [2.05, 4.69) is 0 Å². The minimum absolute atomic E-state index is 0.0949. The van der Waals surface area contributed by atoms with Crippen molar-refractivity contribution in [1.82, 2.24) is 9.91 Å². The molecule has 52 valence electrons. The van der Waals surface area contributed by atoms with Gasteiger partial charge in [0.2, 0.25) is 0 Å². The number of carbonyl (C=O) groups excluding carboxylic acids is 1. The molecule has 0 radical (unpaired) electrons. The summed E-state index contributed by atoms with van der Waals surface area (Å²) in [6, 6.07) is 0.157. The Balaban J connectivity index is 2.65. The summed E-state index contributed by atoms with van der Waals surface area (Å²) in [5.74, 6) is 5.30. The third-order valence-corrected chi connectivity index (χ3v) is 1.67. The van der Waals surface area contributed by atoms with Gasteiger partial charge in [-0.2, -0.15) is 0 Å². The lowest BCUT2D eigenvalue weighted by Gasteiger charge is -2.11. The van der Waals surface area contributed by atoms with Crippen molar-refractivity contribution in [1.29, 1.82) is 0 Å². The van der Waals surface area contributed by atoms with Crippen molar-refractivity contribution in [3.05, 3.63) is 0 Å². The Labute approximate surface area is 54.2 Å². The lowest BCUT2D eigenvalue weighted by molar-refractivity contribution is 0.197. The molecular weight excluding hydrogens is 118 g/mol. The molecule has 1 rings (SSSR count). The average molecular weight is 129 g/mol. The highest BCUT2D eigenvalue weighted by Crippen LogP contribution is 2.07. The largest absolute Gasteiger partial charge is 0.334 e. The zero-order valence-corrected chi connectivity index (χ0v) is 5.66. The van der Waals surface area contributed by atoms with Crippen molar-refractivity contribution in [2.75, 3.05) is 13.6 Å². The molecule has 0 bridgehead atoms. The maximum absolute atomic E-state index is 10.8. The molecule has 0 aromatic rings. The number of amides is 2. The van der Waals surface area contributed by atoms with Gasteiger partial charge >= 0.3 is 6.03 Å². The third kappa shape index (κ3) is 0.853. The van der Waals surface area contributed by atoms with Crippen molar-refractivity contribution < 1.29 is 4.79 Å². The molecule has 4 heteroatoms. The first-order valence-electron chi connectivity index (χ1n) is 2.92. The number of likely N-dealkylation sites (N-methyl/N-ethyl adjacent to an activating group) is 1. The van der Waals surface area contributed by atoms with E-state index in [1.165, 1.54) is 5.01 Å². The summed E-state index contributed by atoms with van der Waals surface area (Å²) in [6.45, 7) is 2.60. The van der Waals surface area contributed by atoms with Crippen LogP contribution in [0.2, 0.25) is 0 Å². The van der Waals surface area contributed by atoms with Crippen LogP contribution in [-0.2, 0) is 0 Å². The van der Waals surface area contributed by atoms with Gasteiger partial charge < -0.3 is 4.90 Å². The normalized spacial score (nSPS) is 27.9. The molecule has 1 atom stereocenters. The highest BCUT2D eigenvalue weighted by atomic mass is 16.2. The van der Waals surface area contributed by atoms with E-state index in [1.807, 2.05) is 6.92 Å². The first kappa shape index (κ1) is 6.35. The Hall–Kier alpha value is -0.770. The molecule has 1 heterocycles. The summed E-state index contributed by atoms with van der Waals surface area (Å²) in [5.41, 5.74) is 0. The molecule has 0 aromatic carbocycles. The van der Waals surface area contributed by atoms with E-state index >= 15 is 0 Å². The second kappa shape index (κ2) is 1.88. The Morgan fingerprint density at radius 2 is 2.33 bits per heavy atom. The Morgan fingerprint density at radius 3 is 2.44 bits per heavy atom. The minimum atomic E-state index is -0.0949. The van der Waals surface area contributed by atoms with Crippen LogP contribution in [0.25, 0.3) is 0 Å². The van der Waals surface area contributed by atoms with Gasteiger partial charge in [0.25, 0.3) is 0 Å². The molecule has 1 aliphatic heterocycles. The third-order valence-electron chi connectivity index (χ3n) is 1.67. The predicted molar refractivity (Wildman–Crippen MR) is 33.5 cm³/mol. The zero-order chi connectivity index (χ0) is 7.02. The molecule has 9 heavy (non-hydrogen) atoms. The number of carbonyl (C=O) groups is 1. The highest BCUT2D eigenvalue weighted by Gasteiger charge is 2.28. The summed E-state index contributed by atoms with van der Waals surface area (Å²) in [6.07, 6.45) is 0. The molecule has 2 N–H and O–H groups in total. The van der Waals surface area contributed by atoms with E-state index in [9.17, 15) is 4.79 Å². The van der Waals surface area contributed by atoms with Gasteiger partial charge in [0, 0.05) is 13.1 Å². The topological polar surface area (TPSA) is 49.6 Å². The van der Waals surface area contributed by atoms with Gasteiger partial charge in [0.05, 0.1) is 6.54 Å². The van der Waals surface area contributed by atoms with E-state index in [0.29, 0.717) is 6.54 Å². The number of hydrogen-bond acceptors (Lipinski definition) is 2. The van der Waals surface area contributed by atoms with Crippen LogP contribution in [0.15, 0.2) is 0 Å². The average Bonchev–Trinajstić information content (AvgIpc) is 1.98. The standard InChI is InChI=1S/C5H11N3O/c1-4-3-8(6)5(9)7(4)2/h4H,3,6H2,1-2H3. The highest BCUT2D eigenvalue weighted by molar-refractivity contribution is 5.75. The monoisotopic (exact) mass is 129 g/mol. The van der Waals surface area contributed by atoms with Crippen LogP contribution in [0.3, 0.4) is 0 Å². The molecule has 0 saturated carbocycles. The van der Waals surface area contributed by atoms with Gasteiger partial charge in [-0.3, -0.25) is 5.01 Å². The van der Waals surface area contributed by atoms with Crippen molar-refractivity contribution in [2.24, 2.45) is 5.84 Å². The van der Waals surface area contributed by atoms with Crippen molar-refractivity contribution in [3.63, 3.8) is 0 Å². The summed E-state index contributed by atoms with van der Waals surface area (Å²) in [7, 11) is 1.75. The smallest absolute Gasteiger partial charge is 0.322 e. The van der Waals surface area contributed by atoms with E-state index in [4.69, 9.17) is 5.84 Å². The fourth-order valence-corrected chi connectivity index (χ4v) is 0.876. The number of urea groups is 1. The molecular formula is C5H11N3O. The number of nitrogens with two attached hydrogens (primary N) is 1. The van der Waals surface area contributed by atoms with Crippen LogP contribution < -0.4 is 5.84 Å². The summed E-state index contributed by atoms with van der Waals surface area (Å²) >= 11 is 0. The van der Waals surface area contributed by atoms with Crippen molar-refractivity contribution >= 4 is 6.03 Å². The maximum atomic E-state index is 10.8. The number of hydrazine groups is 1. The molecule has 4 nitrogen and oxygen atoms in total. The number of rotatable bonds is 0. The summed E-state index contributed by atoms with van der Waals surface area (Å²) in [4.78, 5) is 12.5. The molecule has 2 amide bonds. The summed E-state index contributed by atoms with van der Waals surface area (Å²) < 4.78 is 0. The second-order valence-electron chi connectivity index (χ2n) is 2.39. The first-order chi connectivity index (χ1) is 4.13. The second-order valence-corrected chi connectivity index (χ2v) is 2.39. The van der Waals surface area contributed by atoms with Gasteiger partial charge in [0.1, 0.15) is 0 Å². The predicted octanol–water partition coefficient (Wildman–Crippen LogP) is -0.384. The van der Waals surface area contributed by atoms with Gasteiger partial charge in [0.15, 0.2) is 0 Å². The number of nitrogens with zero attached hydrogens (tertiary/aromatic N) is 2. The molecule has 0 aromatic heterocycles. The quantitative estimate of drug-likeness (QED) is 0.358. The maximum Gasteiger partial charge on any atom is 0.334 e. The fraction of sp³-hybridized carbons (Fsp3) is 0.800. The van der Waals surface area contributed by atoms with E-state index in [0.717, 1.165) is 0 Å². The Kier molecular flexibility index (Phi) is 1.32. The van der Waals surface area contributed by atoms with Crippen LogP contribution in [-0.4, -0.2) is 35.6 Å². The molecule has 1 unspecified atom stereocenters. The fourth-order valence-electron chi connectivity index (χ4n) is 0.876. The van der Waals surface area contributed by atoms with Gasteiger partial charge in [-0.15, -0.1) is 0 Å². The molecule has 1 fully saturated rings. The molecule has 1 saturated heterocycles. The molecule has 1 aliphatic rings. The summed E-state index contributed by atoms with van der Waals surface area (Å²) in [5, 5.41) is 1.23. The molecule has 0 aliphatic carbocycles.